The van der Waals surface area contributed by atoms with Crippen molar-refractivity contribution in [2.24, 2.45) is 5.16 Å². The van der Waals surface area contributed by atoms with E-state index < -0.39 is 0 Å². The smallest absolute Gasteiger partial charge is 0.155 e. The average molecular weight is 415 g/mol. The van der Waals surface area contributed by atoms with Crippen LogP contribution in [0.1, 0.15) is 6.42 Å². The highest BCUT2D eigenvalue weighted by Crippen LogP contribution is 2.24. The maximum Gasteiger partial charge on any atom is 0.155 e. The third-order valence-corrected chi connectivity index (χ3v) is 4.51. The maximum atomic E-state index is 9.52. The lowest BCUT2D eigenvalue weighted by molar-refractivity contribution is 0.281. The summed E-state index contributed by atoms with van der Waals surface area (Å²) in [5.41, 5.74) is 2.27. The highest BCUT2D eigenvalue weighted by atomic mass is 35.5. The molecule has 0 saturated carbocycles. The van der Waals surface area contributed by atoms with E-state index in [0.29, 0.717) is 40.1 Å². The van der Waals surface area contributed by atoms with Gasteiger partial charge in [-0.1, -0.05) is 5.16 Å². The van der Waals surface area contributed by atoms with E-state index in [4.69, 9.17) is 9.15 Å². The minimum Gasteiger partial charge on any atom is -0.494 e. The van der Waals surface area contributed by atoms with Crippen LogP contribution < -0.4 is 10.1 Å². The van der Waals surface area contributed by atoms with E-state index in [1.807, 2.05) is 61.1 Å². The van der Waals surface area contributed by atoms with Gasteiger partial charge in [0.05, 0.1) is 18.3 Å². The molecule has 0 bridgehead atoms. The van der Waals surface area contributed by atoms with E-state index in [1.165, 1.54) is 0 Å². The van der Waals surface area contributed by atoms with Gasteiger partial charge in [0.25, 0.3) is 0 Å². The summed E-state index contributed by atoms with van der Waals surface area (Å²) >= 11 is 0. The Labute approximate surface area is 174 Å². The molecule has 3 aromatic heterocycles. The van der Waals surface area contributed by atoms with Crippen molar-refractivity contribution in [2.75, 3.05) is 27.2 Å². The first-order chi connectivity index (χ1) is 13.6. The van der Waals surface area contributed by atoms with Crippen molar-refractivity contribution < 1.29 is 14.4 Å². The van der Waals surface area contributed by atoms with Gasteiger partial charge in [-0.05, 0) is 56.9 Å². The predicted molar refractivity (Wildman–Crippen MR) is 114 cm³/mol. The fourth-order valence-electron chi connectivity index (χ4n) is 3.09. The number of halogens is 1. The van der Waals surface area contributed by atoms with Gasteiger partial charge in [0.2, 0.25) is 0 Å². The molecule has 3 heterocycles. The zero-order chi connectivity index (χ0) is 19.5. The van der Waals surface area contributed by atoms with E-state index in [0.717, 1.165) is 18.5 Å². The Kier molecular flexibility index (Phi) is 6.41. The largest absolute Gasteiger partial charge is 0.494 e. The molecule has 0 amide bonds. The molecule has 1 N–H and O–H groups in total. The Morgan fingerprint density at radius 1 is 1.21 bits per heavy atom. The lowest BCUT2D eigenvalue weighted by Gasteiger charge is -2.11. The summed E-state index contributed by atoms with van der Waals surface area (Å²) < 4.78 is 13.8. The van der Waals surface area contributed by atoms with Crippen molar-refractivity contribution in [2.45, 2.75) is 6.42 Å². The van der Waals surface area contributed by atoms with Crippen molar-refractivity contribution >= 4 is 28.9 Å². The SMILES string of the molecule is CN(C)CCCOc1ccc2oc(-c3cc4cccn4cn3)c/c(=N/O)c2c1.Cl. The van der Waals surface area contributed by atoms with Crippen LogP contribution in [0.25, 0.3) is 27.9 Å². The van der Waals surface area contributed by atoms with Gasteiger partial charge in [0, 0.05) is 24.3 Å². The van der Waals surface area contributed by atoms with Crippen molar-refractivity contribution in [1.82, 2.24) is 14.3 Å². The number of aromatic nitrogens is 2. The summed E-state index contributed by atoms with van der Waals surface area (Å²) in [7, 11) is 4.07. The minimum atomic E-state index is 0. The minimum absolute atomic E-state index is 0. The fourth-order valence-corrected chi connectivity index (χ4v) is 3.09. The van der Waals surface area contributed by atoms with Crippen LogP contribution in [0.4, 0.5) is 0 Å². The number of hydrogen-bond donors (Lipinski definition) is 1. The normalized spacial score (nSPS) is 11.9. The highest BCUT2D eigenvalue weighted by molar-refractivity contribution is 5.85. The first-order valence-electron chi connectivity index (χ1n) is 9.11. The van der Waals surface area contributed by atoms with Crippen LogP contribution in [0.2, 0.25) is 0 Å². The number of benzene rings is 1. The molecule has 0 spiro atoms. The summed E-state index contributed by atoms with van der Waals surface area (Å²) in [6, 6.07) is 13.1. The molecule has 29 heavy (non-hydrogen) atoms. The Bertz CT molecular complexity index is 1180. The standard InChI is InChI=1S/C21H22N4O3.ClH/c1-24(2)8-4-10-27-16-6-7-20-17(12-16)18(23-26)13-21(28-20)19-11-15-5-3-9-25(15)14-22-19;/h3,5-7,9,11-14,26H,4,8,10H2,1-2H3;1H/b23-18-;. The Morgan fingerprint density at radius 3 is 2.86 bits per heavy atom. The molecule has 7 nitrogen and oxygen atoms in total. The molecule has 0 aliphatic heterocycles. The number of fused-ring (bicyclic) bond motifs is 2. The van der Waals surface area contributed by atoms with Gasteiger partial charge in [0.1, 0.15) is 22.4 Å². The van der Waals surface area contributed by atoms with E-state index in [-0.39, 0.29) is 12.4 Å². The van der Waals surface area contributed by atoms with Crippen LogP contribution in [-0.4, -0.2) is 46.7 Å². The molecule has 0 unspecified atom stereocenters. The van der Waals surface area contributed by atoms with E-state index in [1.54, 1.807) is 12.4 Å². The van der Waals surface area contributed by atoms with Crippen molar-refractivity contribution in [3.63, 3.8) is 0 Å². The van der Waals surface area contributed by atoms with Gasteiger partial charge in [-0.15, -0.1) is 12.4 Å². The molecular formula is C21H23ClN4O3. The summed E-state index contributed by atoms with van der Waals surface area (Å²) in [6.45, 7) is 1.58. The first kappa shape index (κ1) is 20.7. The van der Waals surface area contributed by atoms with Gasteiger partial charge in [-0.3, -0.25) is 0 Å². The van der Waals surface area contributed by atoms with Gasteiger partial charge >= 0.3 is 0 Å². The third-order valence-electron chi connectivity index (χ3n) is 4.51. The molecule has 0 radical (unpaired) electrons. The van der Waals surface area contributed by atoms with Gasteiger partial charge in [0.15, 0.2) is 5.76 Å². The molecule has 0 aliphatic rings. The number of hydrogen-bond acceptors (Lipinski definition) is 6. The molecule has 1 aromatic carbocycles. The monoisotopic (exact) mass is 414 g/mol. The quantitative estimate of drug-likeness (QED) is 0.295. The Balaban J connectivity index is 0.00000240. The summed E-state index contributed by atoms with van der Waals surface area (Å²) in [6.07, 6.45) is 4.59. The second-order valence-electron chi connectivity index (χ2n) is 6.87. The Hall–Kier alpha value is -3.03. The molecular weight excluding hydrogens is 392 g/mol. The number of ether oxygens (including phenoxy) is 1. The second-order valence-corrected chi connectivity index (χ2v) is 6.87. The number of nitrogens with zero attached hydrogens (tertiary/aromatic N) is 4. The van der Waals surface area contributed by atoms with Crippen LogP contribution in [0, 0.1) is 0 Å². The molecule has 0 fully saturated rings. The van der Waals surface area contributed by atoms with Crippen LogP contribution in [0.15, 0.2) is 64.6 Å². The van der Waals surface area contributed by atoms with Gasteiger partial charge in [-0.25, -0.2) is 4.98 Å². The molecule has 152 valence electrons. The third kappa shape index (κ3) is 4.52. The van der Waals surface area contributed by atoms with Crippen LogP contribution in [-0.2, 0) is 0 Å². The van der Waals surface area contributed by atoms with E-state index in [9.17, 15) is 5.21 Å². The van der Waals surface area contributed by atoms with Crippen LogP contribution >= 0.6 is 12.4 Å². The molecule has 0 aliphatic carbocycles. The Morgan fingerprint density at radius 2 is 2.07 bits per heavy atom. The topological polar surface area (TPSA) is 75.5 Å². The van der Waals surface area contributed by atoms with Gasteiger partial charge in [-0.2, -0.15) is 0 Å². The number of rotatable bonds is 6. The summed E-state index contributed by atoms with van der Waals surface area (Å²) in [5, 5.41) is 14.1. The first-order valence-corrected chi connectivity index (χ1v) is 9.11. The van der Waals surface area contributed by atoms with E-state index >= 15 is 0 Å². The van der Waals surface area contributed by atoms with E-state index in [2.05, 4.69) is 15.0 Å². The lowest BCUT2D eigenvalue weighted by Crippen LogP contribution is -2.15. The molecule has 8 heteroatoms. The lowest BCUT2D eigenvalue weighted by atomic mass is 10.2. The van der Waals surface area contributed by atoms with Crippen molar-refractivity contribution in [3.05, 3.63) is 60.3 Å². The fraction of sp³-hybridized carbons (Fsp3) is 0.238. The average Bonchev–Trinajstić information content (AvgIpc) is 3.18. The zero-order valence-electron chi connectivity index (χ0n) is 16.3. The predicted octanol–water partition coefficient (Wildman–Crippen LogP) is 3.79. The zero-order valence-corrected chi connectivity index (χ0v) is 17.1. The van der Waals surface area contributed by atoms with Crippen LogP contribution in [0.5, 0.6) is 5.75 Å². The molecule has 4 aromatic rings. The molecule has 0 saturated heterocycles. The summed E-state index contributed by atoms with van der Waals surface area (Å²) in [4.78, 5) is 6.55. The highest BCUT2D eigenvalue weighted by Gasteiger charge is 2.10. The molecule has 0 atom stereocenters. The summed E-state index contributed by atoms with van der Waals surface area (Å²) in [5.74, 6) is 1.25. The van der Waals surface area contributed by atoms with Gasteiger partial charge < -0.3 is 23.7 Å². The van der Waals surface area contributed by atoms with Crippen molar-refractivity contribution in [1.29, 1.82) is 0 Å². The van der Waals surface area contributed by atoms with Crippen LogP contribution in [0.3, 0.4) is 0 Å². The van der Waals surface area contributed by atoms with Crippen molar-refractivity contribution in [3.8, 4) is 17.2 Å². The maximum absolute atomic E-state index is 9.52. The molecule has 4 rings (SSSR count). The second kappa shape index (κ2) is 8.98.